The first-order valence-corrected chi connectivity index (χ1v) is 9.28. The standard InChI is InChI=1S/C18H24N4O6/c1-8-12(20-4-3-5-23)15(25)11-9(7-28-17(19)26)18(27-2)16-10(21-16)6-22(18)13(11)14(8)24/h9-10,16,20-21,23H,3-7H2,1-2H3,(H2,19,26)/t9-,10+,16+,18?/m0/s1. The fraction of sp³-hybridized carbons (Fsp3) is 0.611. The molecule has 0 aromatic rings. The first-order chi connectivity index (χ1) is 13.4. The van der Waals surface area contributed by atoms with Crippen LogP contribution >= 0.6 is 0 Å². The fourth-order valence-electron chi connectivity index (χ4n) is 4.80. The molecule has 1 amide bonds. The molecule has 10 heteroatoms. The van der Waals surface area contributed by atoms with Crippen molar-refractivity contribution in [2.45, 2.75) is 31.2 Å². The molecule has 3 aliphatic heterocycles. The van der Waals surface area contributed by atoms with E-state index in [4.69, 9.17) is 20.3 Å². The van der Waals surface area contributed by atoms with Crippen molar-refractivity contribution < 1.29 is 29.0 Å². The van der Waals surface area contributed by atoms with Crippen molar-refractivity contribution in [1.82, 2.24) is 15.5 Å². The van der Waals surface area contributed by atoms with E-state index >= 15 is 0 Å². The van der Waals surface area contributed by atoms with Crippen LogP contribution in [0.4, 0.5) is 4.79 Å². The molecule has 3 heterocycles. The van der Waals surface area contributed by atoms with E-state index in [0.717, 1.165) is 0 Å². The van der Waals surface area contributed by atoms with Crippen molar-refractivity contribution in [3.05, 3.63) is 22.5 Å². The number of hydrogen-bond acceptors (Lipinski definition) is 9. The summed E-state index contributed by atoms with van der Waals surface area (Å²) >= 11 is 0. The van der Waals surface area contributed by atoms with Gasteiger partial charge in [-0.3, -0.25) is 9.59 Å². The molecule has 2 fully saturated rings. The minimum atomic E-state index is -0.975. The number of rotatable bonds is 7. The molecule has 4 rings (SSSR count). The Kier molecular flexibility index (Phi) is 4.44. The highest BCUT2D eigenvalue weighted by atomic mass is 16.6. The number of nitrogens with two attached hydrogens (primary N) is 1. The van der Waals surface area contributed by atoms with Crippen LogP contribution in [0.3, 0.4) is 0 Å². The molecule has 0 bridgehead atoms. The topological polar surface area (TPSA) is 153 Å². The molecular weight excluding hydrogens is 368 g/mol. The lowest BCUT2D eigenvalue weighted by atomic mass is 9.82. The van der Waals surface area contributed by atoms with Gasteiger partial charge in [0.05, 0.1) is 23.4 Å². The lowest BCUT2D eigenvalue weighted by Crippen LogP contribution is -2.55. The van der Waals surface area contributed by atoms with E-state index in [1.807, 2.05) is 4.90 Å². The maximum Gasteiger partial charge on any atom is 0.404 e. The zero-order valence-electron chi connectivity index (χ0n) is 15.8. The van der Waals surface area contributed by atoms with Gasteiger partial charge in [0, 0.05) is 44.0 Å². The van der Waals surface area contributed by atoms with Gasteiger partial charge < -0.3 is 35.8 Å². The van der Waals surface area contributed by atoms with Crippen LogP contribution in [0.5, 0.6) is 0 Å². The average Bonchev–Trinajstić information content (AvgIpc) is 3.27. The highest BCUT2D eigenvalue weighted by Gasteiger charge is 2.72. The average molecular weight is 392 g/mol. The van der Waals surface area contributed by atoms with Crippen molar-refractivity contribution in [1.29, 1.82) is 0 Å². The van der Waals surface area contributed by atoms with Crippen LogP contribution in [0, 0.1) is 5.92 Å². The van der Waals surface area contributed by atoms with Crippen molar-refractivity contribution in [3.8, 4) is 0 Å². The van der Waals surface area contributed by atoms with Crippen molar-refractivity contribution in [2.24, 2.45) is 11.7 Å². The third kappa shape index (κ3) is 2.41. The molecule has 0 radical (unpaired) electrons. The van der Waals surface area contributed by atoms with Gasteiger partial charge in [0.25, 0.3) is 0 Å². The highest BCUT2D eigenvalue weighted by molar-refractivity contribution is 6.25. The zero-order valence-corrected chi connectivity index (χ0v) is 15.8. The van der Waals surface area contributed by atoms with Crippen LogP contribution in [0.15, 0.2) is 22.5 Å². The molecule has 0 aromatic heterocycles. The Morgan fingerprint density at radius 1 is 1.43 bits per heavy atom. The van der Waals surface area contributed by atoms with Gasteiger partial charge in [0.1, 0.15) is 6.61 Å². The Balaban J connectivity index is 1.74. The van der Waals surface area contributed by atoms with Gasteiger partial charge in [-0.05, 0) is 13.3 Å². The summed E-state index contributed by atoms with van der Waals surface area (Å²) in [6.45, 7) is 2.32. The van der Waals surface area contributed by atoms with Crippen LogP contribution in [-0.4, -0.2) is 78.9 Å². The highest BCUT2D eigenvalue weighted by Crippen LogP contribution is 2.55. The van der Waals surface area contributed by atoms with Crippen LogP contribution < -0.4 is 16.4 Å². The van der Waals surface area contributed by atoms with Gasteiger partial charge >= 0.3 is 6.09 Å². The number of carbonyl (C=O) groups is 3. The summed E-state index contributed by atoms with van der Waals surface area (Å²) < 4.78 is 11.0. The first-order valence-electron chi connectivity index (χ1n) is 9.28. The number of ketones is 2. The predicted molar refractivity (Wildman–Crippen MR) is 95.6 cm³/mol. The second-order valence-corrected chi connectivity index (χ2v) is 7.42. The number of aliphatic hydroxyl groups excluding tert-OH is 1. The molecule has 0 saturated carbocycles. The Labute approximate surface area is 161 Å². The van der Waals surface area contributed by atoms with Crippen molar-refractivity contribution in [2.75, 3.05) is 33.4 Å². The van der Waals surface area contributed by atoms with Gasteiger partial charge in [-0.1, -0.05) is 0 Å². The van der Waals surface area contributed by atoms with Gasteiger partial charge in [0.2, 0.25) is 11.6 Å². The molecule has 4 atom stereocenters. The maximum absolute atomic E-state index is 13.4. The number of nitrogens with one attached hydrogen (secondary N) is 2. The summed E-state index contributed by atoms with van der Waals surface area (Å²) in [6, 6.07) is 0.0811. The van der Waals surface area contributed by atoms with E-state index in [1.165, 1.54) is 7.11 Å². The lowest BCUT2D eigenvalue weighted by molar-refractivity contribution is -0.137. The summed E-state index contributed by atoms with van der Waals surface area (Å²) in [6.07, 6.45) is -0.507. The number of piperazine rings is 1. The summed E-state index contributed by atoms with van der Waals surface area (Å²) in [5, 5.41) is 15.3. The molecule has 4 aliphatic rings. The molecular formula is C18H24N4O6. The lowest BCUT2D eigenvalue weighted by Gasteiger charge is -2.39. The second-order valence-electron chi connectivity index (χ2n) is 7.42. The maximum atomic E-state index is 13.4. The Morgan fingerprint density at radius 2 is 2.18 bits per heavy atom. The minimum Gasteiger partial charge on any atom is -0.449 e. The Bertz CT molecular complexity index is 821. The van der Waals surface area contributed by atoms with E-state index in [-0.39, 0.29) is 48.1 Å². The fourth-order valence-corrected chi connectivity index (χ4v) is 4.80. The summed E-state index contributed by atoms with van der Waals surface area (Å²) in [7, 11) is 1.53. The van der Waals surface area contributed by atoms with Gasteiger partial charge in [-0.2, -0.15) is 0 Å². The Hall–Kier alpha value is -2.43. The molecule has 1 aliphatic carbocycles. The molecule has 0 spiro atoms. The number of amides is 1. The number of fused-ring (bicyclic) bond motifs is 4. The normalized spacial score (nSPS) is 33.1. The minimum absolute atomic E-state index is 0.0280. The molecule has 2 saturated heterocycles. The molecule has 5 N–H and O–H groups in total. The van der Waals surface area contributed by atoms with Crippen molar-refractivity contribution >= 4 is 17.7 Å². The third-order valence-corrected chi connectivity index (χ3v) is 6.06. The number of allylic oxidation sites excluding steroid dienone is 2. The number of nitrogens with zero attached hydrogens (tertiary/aromatic N) is 1. The molecule has 152 valence electrons. The molecule has 28 heavy (non-hydrogen) atoms. The molecule has 1 unspecified atom stereocenters. The monoisotopic (exact) mass is 392 g/mol. The number of primary amides is 1. The number of carbonyl (C=O) groups excluding carboxylic acids is 3. The van der Waals surface area contributed by atoms with Crippen LogP contribution in [0.2, 0.25) is 0 Å². The largest absolute Gasteiger partial charge is 0.449 e. The van der Waals surface area contributed by atoms with Crippen LogP contribution in [0.25, 0.3) is 0 Å². The smallest absolute Gasteiger partial charge is 0.404 e. The SMILES string of the molecule is COC12[C@@H]3N[C@@H]3CN1C1=C(C(=O)C(NCCCO)=C(C)C1=O)[C@@H]2COC(N)=O. The van der Waals surface area contributed by atoms with Gasteiger partial charge in [0.15, 0.2) is 5.72 Å². The molecule has 10 nitrogen and oxygen atoms in total. The van der Waals surface area contributed by atoms with E-state index in [9.17, 15) is 14.4 Å². The van der Waals surface area contributed by atoms with Gasteiger partial charge in [-0.25, -0.2) is 4.79 Å². The third-order valence-electron chi connectivity index (χ3n) is 6.06. The number of Topliss-reactive ketones (excluding diaryl/α,β-unsaturated/α-hetero) is 2. The quantitative estimate of drug-likeness (QED) is 0.227. The van der Waals surface area contributed by atoms with E-state index in [1.54, 1.807) is 6.92 Å². The van der Waals surface area contributed by atoms with Crippen LogP contribution in [0.1, 0.15) is 13.3 Å². The number of aliphatic hydroxyl groups is 1. The van der Waals surface area contributed by atoms with E-state index in [2.05, 4.69) is 10.6 Å². The number of methoxy groups -OCH3 is 1. The van der Waals surface area contributed by atoms with E-state index < -0.39 is 17.7 Å². The Morgan fingerprint density at radius 3 is 2.82 bits per heavy atom. The van der Waals surface area contributed by atoms with E-state index in [0.29, 0.717) is 30.8 Å². The summed E-state index contributed by atoms with van der Waals surface area (Å²) in [5.41, 5.74) is 5.34. The number of hydrogen-bond donors (Lipinski definition) is 4. The van der Waals surface area contributed by atoms with Gasteiger partial charge in [-0.15, -0.1) is 0 Å². The second kappa shape index (κ2) is 6.57. The first kappa shape index (κ1) is 18.9. The number of ether oxygens (including phenoxy) is 2. The summed E-state index contributed by atoms with van der Waals surface area (Å²) in [5.74, 6) is -1.21. The zero-order chi connectivity index (χ0) is 20.2. The summed E-state index contributed by atoms with van der Waals surface area (Å²) in [4.78, 5) is 39.6. The molecule has 0 aromatic carbocycles. The van der Waals surface area contributed by atoms with Crippen molar-refractivity contribution in [3.63, 3.8) is 0 Å². The van der Waals surface area contributed by atoms with Crippen LogP contribution in [-0.2, 0) is 19.1 Å². The predicted octanol–water partition coefficient (Wildman–Crippen LogP) is -1.64.